The Labute approximate surface area is 162 Å². The van der Waals surface area contributed by atoms with Crippen LogP contribution in [0.25, 0.3) is 0 Å². The first kappa shape index (κ1) is 20.7. The summed E-state index contributed by atoms with van der Waals surface area (Å²) in [5.74, 6) is 0.251. The van der Waals surface area contributed by atoms with Crippen molar-refractivity contribution in [1.29, 1.82) is 0 Å². The Morgan fingerprint density at radius 2 is 1.73 bits per heavy atom. The van der Waals surface area contributed by atoms with Crippen LogP contribution in [-0.4, -0.2) is 42.4 Å². The second-order valence-electron chi connectivity index (χ2n) is 7.35. The molecule has 2 N–H and O–H groups in total. The molecule has 2 fully saturated rings. The third kappa shape index (κ3) is 5.45. The lowest BCUT2D eigenvalue weighted by Crippen LogP contribution is -2.40. The van der Waals surface area contributed by atoms with Crippen LogP contribution in [0.5, 0.6) is 0 Å². The smallest absolute Gasteiger partial charge is 0.253 e. The zero-order valence-electron chi connectivity index (χ0n) is 15.5. The molecule has 2 saturated heterocycles. The summed E-state index contributed by atoms with van der Waals surface area (Å²) >= 11 is 0. The molecule has 5 nitrogen and oxygen atoms in total. The number of amides is 2. The number of hydrogen-bond donors (Lipinski definition) is 2. The van der Waals surface area contributed by atoms with E-state index in [2.05, 4.69) is 17.6 Å². The predicted molar refractivity (Wildman–Crippen MR) is 107 cm³/mol. The molecule has 0 spiro atoms. The average Bonchev–Trinajstić information content (AvgIpc) is 2.91. The summed E-state index contributed by atoms with van der Waals surface area (Å²) in [7, 11) is 0. The number of nitrogens with zero attached hydrogens (tertiary/aromatic N) is 1. The lowest BCUT2D eigenvalue weighted by Gasteiger charge is -2.27. The summed E-state index contributed by atoms with van der Waals surface area (Å²) < 4.78 is 0. The fourth-order valence-corrected chi connectivity index (χ4v) is 3.77. The molecule has 0 aliphatic carbocycles. The van der Waals surface area contributed by atoms with E-state index >= 15 is 0 Å². The van der Waals surface area contributed by atoms with Crippen molar-refractivity contribution in [2.75, 3.05) is 25.0 Å². The van der Waals surface area contributed by atoms with Gasteiger partial charge in [-0.3, -0.25) is 9.59 Å². The minimum Gasteiger partial charge on any atom is -0.339 e. The van der Waals surface area contributed by atoms with Gasteiger partial charge in [0, 0.05) is 36.3 Å². The predicted octanol–water partition coefficient (Wildman–Crippen LogP) is 3.45. The van der Waals surface area contributed by atoms with Gasteiger partial charge < -0.3 is 15.5 Å². The summed E-state index contributed by atoms with van der Waals surface area (Å²) in [6.45, 7) is 4.71. The lowest BCUT2D eigenvalue weighted by molar-refractivity contribution is -0.120. The van der Waals surface area contributed by atoms with Gasteiger partial charge >= 0.3 is 0 Å². The molecule has 1 aromatic carbocycles. The van der Waals surface area contributed by atoms with Crippen LogP contribution in [0.4, 0.5) is 5.69 Å². The molecule has 2 aliphatic heterocycles. The highest BCUT2D eigenvalue weighted by atomic mass is 35.5. The van der Waals surface area contributed by atoms with Gasteiger partial charge in [0.1, 0.15) is 0 Å². The highest BCUT2D eigenvalue weighted by Gasteiger charge is 2.24. The molecule has 2 atom stereocenters. The normalized spacial score (nSPS) is 23.5. The van der Waals surface area contributed by atoms with Gasteiger partial charge in [-0.05, 0) is 63.4 Å². The topological polar surface area (TPSA) is 61.4 Å². The summed E-state index contributed by atoms with van der Waals surface area (Å²) in [5.41, 5.74) is 1.47. The van der Waals surface area contributed by atoms with Gasteiger partial charge in [0.15, 0.2) is 0 Å². The Morgan fingerprint density at radius 1 is 1.08 bits per heavy atom. The minimum absolute atomic E-state index is 0. The maximum absolute atomic E-state index is 12.6. The van der Waals surface area contributed by atoms with Crippen LogP contribution in [0.3, 0.4) is 0 Å². The van der Waals surface area contributed by atoms with Crippen molar-refractivity contribution in [3.8, 4) is 0 Å². The van der Waals surface area contributed by atoms with Crippen LogP contribution in [-0.2, 0) is 4.79 Å². The zero-order chi connectivity index (χ0) is 17.6. The Balaban J connectivity index is 0.00000243. The lowest BCUT2D eigenvalue weighted by atomic mass is 9.92. The van der Waals surface area contributed by atoms with Crippen molar-refractivity contribution in [2.45, 2.75) is 51.5 Å². The van der Waals surface area contributed by atoms with Gasteiger partial charge in [0.2, 0.25) is 5.91 Å². The van der Waals surface area contributed by atoms with Crippen molar-refractivity contribution in [3.63, 3.8) is 0 Å². The van der Waals surface area contributed by atoms with Gasteiger partial charge in [-0.1, -0.05) is 12.8 Å². The fourth-order valence-electron chi connectivity index (χ4n) is 3.77. The monoisotopic (exact) mass is 379 g/mol. The van der Waals surface area contributed by atoms with E-state index in [1.165, 1.54) is 12.8 Å². The van der Waals surface area contributed by atoms with Crippen LogP contribution in [0.2, 0.25) is 0 Å². The number of anilines is 1. The summed E-state index contributed by atoms with van der Waals surface area (Å²) in [6, 6.07) is 7.72. The highest BCUT2D eigenvalue weighted by Crippen LogP contribution is 2.20. The van der Waals surface area contributed by atoms with E-state index in [0.29, 0.717) is 11.6 Å². The third-order valence-corrected chi connectivity index (χ3v) is 5.29. The number of nitrogens with one attached hydrogen (secondary N) is 2. The van der Waals surface area contributed by atoms with Crippen molar-refractivity contribution in [2.24, 2.45) is 5.92 Å². The number of rotatable bonds is 3. The second-order valence-corrected chi connectivity index (χ2v) is 7.35. The molecule has 6 heteroatoms. The van der Waals surface area contributed by atoms with Gasteiger partial charge in [0.25, 0.3) is 5.91 Å². The van der Waals surface area contributed by atoms with Crippen molar-refractivity contribution in [1.82, 2.24) is 10.2 Å². The molecular weight excluding hydrogens is 350 g/mol. The van der Waals surface area contributed by atoms with Crippen LogP contribution < -0.4 is 10.6 Å². The quantitative estimate of drug-likeness (QED) is 0.845. The fraction of sp³-hybridized carbons (Fsp3) is 0.600. The minimum atomic E-state index is 0. The van der Waals surface area contributed by atoms with Crippen molar-refractivity contribution in [3.05, 3.63) is 29.8 Å². The van der Waals surface area contributed by atoms with Crippen LogP contribution >= 0.6 is 12.4 Å². The van der Waals surface area contributed by atoms with Gasteiger partial charge in [-0.15, -0.1) is 12.4 Å². The zero-order valence-corrected chi connectivity index (χ0v) is 16.3. The van der Waals surface area contributed by atoms with Gasteiger partial charge in [0.05, 0.1) is 0 Å². The van der Waals surface area contributed by atoms with E-state index in [1.54, 1.807) is 0 Å². The summed E-state index contributed by atoms with van der Waals surface area (Å²) in [5, 5.41) is 6.36. The Morgan fingerprint density at radius 3 is 2.35 bits per heavy atom. The first-order valence-electron chi connectivity index (χ1n) is 9.57. The van der Waals surface area contributed by atoms with Crippen LogP contribution in [0.1, 0.15) is 55.8 Å². The number of carbonyl (C=O) groups is 2. The number of carbonyl (C=O) groups excluding carboxylic acids is 2. The maximum Gasteiger partial charge on any atom is 0.253 e. The number of likely N-dealkylation sites (tertiary alicyclic amines) is 1. The number of piperidine rings is 1. The average molecular weight is 380 g/mol. The first-order valence-corrected chi connectivity index (χ1v) is 9.57. The van der Waals surface area contributed by atoms with E-state index in [-0.39, 0.29) is 30.1 Å². The second kappa shape index (κ2) is 9.93. The molecule has 3 rings (SSSR count). The third-order valence-electron chi connectivity index (χ3n) is 5.29. The standard InChI is InChI=1S/C20H29N3O2.ClH/c1-15-14-17(10-11-21-15)19(24)22-18-8-6-16(7-9-18)20(25)23-12-4-2-3-5-13-23;/h6-9,15,17,21H,2-5,10-14H2,1H3,(H,22,24);1H/t15-,17-;/m0./s1. The Bertz CT molecular complexity index is 598. The van der Waals surface area contributed by atoms with Crippen molar-refractivity contribution >= 4 is 29.9 Å². The molecule has 0 unspecified atom stereocenters. The molecular formula is C20H30ClN3O2. The highest BCUT2D eigenvalue weighted by molar-refractivity contribution is 5.96. The van der Waals surface area contributed by atoms with E-state index in [0.717, 1.165) is 51.0 Å². The van der Waals surface area contributed by atoms with E-state index in [4.69, 9.17) is 0 Å². The first-order chi connectivity index (χ1) is 12.1. The number of hydrogen-bond acceptors (Lipinski definition) is 3. The summed E-state index contributed by atoms with van der Waals surface area (Å²) in [6.07, 6.45) is 6.36. The van der Waals surface area contributed by atoms with Crippen LogP contribution in [0, 0.1) is 5.92 Å². The maximum atomic E-state index is 12.6. The summed E-state index contributed by atoms with van der Waals surface area (Å²) in [4.78, 5) is 27.0. The van der Waals surface area contributed by atoms with Gasteiger partial charge in [-0.2, -0.15) is 0 Å². The molecule has 0 radical (unpaired) electrons. The van der Waals surface area contributed by atoms with E-state index < -0.39 is 0 Å². The molecule has 2 heterocycles. The molecule has 1 aromatic rings. The molecule has 2 amide bonds. The van der Waals surface area contributed by atoms with Crippen molar-refractivity contribution < 1.29 is 9.59 Å². The molecule has 0 aromatic heterocycles. The van der Waals surface area contributed by atoms with Gasteiger partial charge in [-0.25, -0.2) is 0 Å². The number of benzene rings is 1. The largest absolute Gasteiger partial charge is 0.339 e. The molecule has 26 heavy (non-hydrogen) atoms. The molecule has 2 aliphatic rings. The van der Waals surface area contributed by atoms with Crippen LogP contribution in [0.15, 0.2) is 24.3 Å². The molecule has 144 valence electrons. The Kier molecular flexibility index (Phi) is 7.91. The number of halogens is 1. The molecule has 0 bridgehead atoms. The van der Waals surface area contributed by atoms with E-state index in [1.807, 2.05) is 29.2 Å². The van der Waals surface area contributed by atoms with E-state index in [9.17, 15) is 9.59 Å². The SMILES string of the molecule is C[C@H]1C[C@@H](C(=O)Nc2ccc(C(=O)N3CCCCCC3)cc2)CCN1.Cl. The Hall–Kier alpha value is -1.59. The molecule has 0 saturated carbocycles.